The third-order valence-electron chi connectivity index (χ3n) is 3.38. The highest BCUT2D eigenvalue weighted by Crippen LogP contribution is 2.25. The molecule has 1 aromatic rings. The van der Waals surface area contributed by atoms with Crippen molar-refractivity contribution in [3.05, 3.63) is 30.1 Å². The highest BCUT2D eigenvalue weighted by atomic mass is 35.5. The van der Waals surface area contributed by atoms with Gasteiger partial charge in [-0.2, -0.15) is 0 Å². The molecule has 1 atom stereocenters. The summed E-state index contributed by atoms with van der Waals surface area (Å²) in [5, 5.41) is 3.10. The zero-order chi connectivity index (χ0) is 15.6. The predicted molar refractivity (Wildman–Crippen MR) is 89.4 cm³/mol. The molecule has 6 heteroatoms. The van der Waals surface area contributed by atoms with Crippen LogP contribution in [0.2, 0.25) is 0 Å². The Labute approximate surface area is 139 Å². The van der Waals surface area contributed by atoms with Gasteiger partial charge >= 0.3 is 5.97 Å². The number of carbonyl (C=O) groups is 1. The molecule has 0 amide bonds. The molecule has 0 aromatic carbocycles. The van der Waals surface area contributed by atoms with Crippen LogP contribution in [0.1, 0.15) is 32.3 Å². The SMILES string of the molecule is CCOC(=O)C(C)(COCCCCNC)c1cccnc1.Cl. The summed E-state index contributed by atoms with van der Waals surface area (Å²) in [5.74, 6) is -0.270. The van der Waals surface area contributed by atoms with Crippen LogP contribution in [0.15, 0.2) is 24.5 Å². The maximum Gasteiger partial charge on any atom is 0.318 e. The molecule has 0 aliphatic carbocycles. The van der Waals surface area contributed by atoms with Crippen LogP contribution in [0.25, 0.3) is 0 Å². The van der Waals surface area contributed by atoms with Crippen LogP contribution >= 0.6 is 12.4 Å². The van der Waals surface area contributed by atoms with Crippen molar-refractivity contribution in [3.8, 4) is 0 Å². The Bertz CT molecular complexity index is 417. The fourth-order valence-corrected chi connectivity index (χ4v) is 2.02. The molecule has 1 heterocycles. The van der Waals surface area contributed by atoms with Crippen molar-refractivity contribution in [2.75, 3.05) is 33.4 Å². The first kappa shape index (κ1) is 20.8. The highest BCUT2D eigenvalue weighted by Gasteiger charge is 2.37. The summed E-state index contributed by atoms with van der Waals surface area (Å²) in [6.07, 6.45) is 5.40. The quantitative estimate of drug-likeness (QED) is 0.527. The summed E-state index contributed by atoms with van der Waals surface area (Å²) in [4.78, 5) is 16.4. The summed E-state index contributed by atoms with van der Waals surface area (Å²) in [5.41, 5.74) is 0.00599. The number of carbonyl (C=O) groups excluding carboxylic acids is 1. The van der Waals surface area contributed by atoms with E-state index >= 15 is 0 Å². The molecule has 1 rings (SSSR count). The van der Waals surface area contributed by atoms with E-state index in [-0.39, 0.29) is 18.4 Å². The first-order valence-corrected chi connectivity index (χ1v) is 7.45. The lowest BCUT2D eigenvalue weighted by Gasteiger charge is -2.27. The molecule has 0 fully saturated rings. The number of pyridine rings is 1. The Balaban J connectivity index is 0.00000441. The minimum Gasteiger partial charge on any atom is -0.465 e. The lowest BCUT2D eigenvalue weighted by Crippen LogP contribution is -2.39. The van der Waals surface area contributed by atoms with Gasteiger partial charge in [0.05, 0.1) is 13.2 Å². The summed E-state index contributed by atoms with van der Waals surface area (Å²) >= 11 is 0. The normalized spacial score (nSPS) is 13.0. The van der Waals surface area contributed by atoms with Crippen molar-refractivity contribution in [1.82, 2.24) is 10.3 Å². The molecule has 0 saturated carbocycles. The van der Waals surface area contributed by atoms with Crippen molar-refractivity contribution in [1.29, 1.82) is 0 Å². The van der Waals surface area contributed by atoms with Gasteiger partial charge in [-0.05, 0) is 51.9 Å². The number of unbranched alkanes of at least 4 members (excludes halogenated alkanes) is 1. The molecular formula is C16H27ClN2O3. The Kier molecular flexibility index (Phi) is 10.8. The second-order valence-electron chi connectivity index (χ2n) is 5.16. The zero-order valence-electron chi connectivity index (χ0n) is 13.6. The Morgan fingerprint density at radius 2 is 2.18 bits per heavy atom. The number of halogens is 1. The summed E-state index contributed by atoms with van der Waals surface area (Å²) in [6.45, 7) is 5.92. The van der Waals surface area contributed by atoms with Crippen LogP contribution in [0, 0.1) is 0 Å². The fourth-order valence-electron chi connectivity index (χ4n) is 2.02. The number of aromatic nitrogens is 1. The van der Waals surface area contributed by atoms with E-state index in [1.54, 1.807) is 19.3 Å². The molecule has 5 nitrogen and oxygen atoms in total. The van der Waals surface area contributed by atoms with E-state index in [2.05, 4.69) is 10.3 Å². The molecule has 0 aliphatic heterocycles. The smallest absolute Gasteiger partial charge is 0.318 e. The monoisotopic (exact) mass is 330 g/mol. The van der Waals surface area contributed by atoms with Gasteiger partial charge in [0.1, 0.15) is 5.41 Å². The molecule has 22 heavy (non-hydrogen) atoms. The lowest BCUT2D eigenvalue weighted by atomic mass is 9.84. The van der Waals surface area contributed by atoms with Gasteiger partial charge in [-0.3, -0.25) is 9.78 Å². The van der Waals surface area contributed by atoms with E-state index in [0.717, 1.165) is 24.9 Å². The maximum atomic E-state index is 12.3. The van der Waals surface area contributed by atoms with Crippen LogP contribution in [-0.2, 0) is 19.7 Å². The molecular weight excluding hydrogens is 304 g/mol. The Morgan fingerprint density at radius 1 is 1.41 bits per heavy atom. The van der Waals surface area contributed by atoms with Gasteiger partial charge in [0.2, 0.25) is 0 Å². The molecule has 0 bridgehead atoms. The number of ether oxygens (including phenoxy) is 2. The average Bonchev–Trinajstić information content (AvgIpc) is 2.51. The number of nitrogens with one attached hydrogen (secondary N) is 1. The minimum atomic E-state index is -0.812. The van der Waals surface area contributed by atoms with Crippen LogP contribution < -0.4 is 5.32 Å². The fraction of sp³-hybridized carbons (Fsp3) is 0.625. The molecule has 1 N–H and O–H groups in total. The van der Waals surface area contributed by atoms with E-state index in [9.17, 15) is 4.79 Å². The highest BCUT2D eigenvalue weighted by molar-refractivity contribution is 5.85. The molecule has 0 aliphatic rings. The molecule has 1 aromatic heterocycles. The van der Waals surface area contributed by atoms with Crippen molar-refractivity contribution >= 4 is 18.4 Å². The number of nitrogens with zero attached hydrogens (tertiary/aromatic N) is 1. The second-order valence-corrected chi connectivity index (χ2v) is 5.16. The summed E-state index contributed by atoms with van der Waals surface area (Å²) in [6, 6.07) is 3.70. The third-order valence-corrected chi connectivity index (χ3v) is 3.38. The van der Waals surface area contributed by atoms with Crippen LogP contribution in [0.5, 0.6) is 0 Å². The zero-order valence-corrected chi connectivity index (χ0v) is 14.4. The molecule has 0 spiro atoms. The number of hydrogen-bond acceptors (Lipinski definition) is 5. The van der Waals surface area contributed by atoms with Crippen molar-refractivity contribution < 1.29 is 14.3 Å². The molecule has 0 saturated heterocycles. The van der Waals surface area contributed by atoms with E-state index in [1.807, 2.05) is 26.1 Å². The van der Waals surface area contributed by atoms with Gasteiger partial charge < -0.3 is 14.8 Å². The first-order valence-electron chi connectivity index (χ1n) is 7.45. The summed E-state index contributed by atoms with van der Waals surface area (Å²) in [7, 11) is 1.93. The third kappa shape index (κ3) is 6.30. The predicted octanol–water partition coefficient (Wildman–Crippen LogP) is 2.34. The van der Waals surface area contributed by atoms with Gasteiger partial charge in [-0.25, -0.2) is 0 Å². The topological polar surface area (TPSA) is 60.5 Å². The Morgan fingerprint density at radius 3 is 2.77 bits per heavy atom. The number of esters is 1. The Hall–Kier alpha value is -1.17. The van der Waals surface area contributed by atoms with E-state index < -0.39 is 5.41 Å². The van der Waals surface area contributed by atoms with Gasteiger partial charge in [-0.15, -0.1) is 12.4 Å². The maximum absolute atomic E-state index is 12.3. The van der Waals surface area contributed by atoms with Crippen molar-refractivity contribution in [2.24, 2.45) is 0 Å². The van der Waals surface area contributed by atoms with Crippen LogP contribution in [0.3, 0.4) is 0 Å². The van der Waals surface area contributed by atoms with E-state index in [0.29, 0.717) is 19.8 Å². The second kappa shape index (κ2) is 11.4. The molecule has 0 radical (unpaired) electrons. The van der Waals surface area contributed by atoms with Crippen LogP contribution in [-0.4, -0.2) is 44.4 Å². The van der Waals surface area contributed by atoms with Crippen LogP contribution in [0.4, 0.5) is 0 Å². The van der Waals surface area contributed by atoms with Crippen molar-refractivity contribution in [2.45, 2.75) is 32.1 Å². The van der Waals surface area contributed by atoms with Crippen molar-refractivity contribution in [3.63, 3.8) is 0 Å². The summed E-state index contributed by atoms with van der Waals surface area (Å²) < 4.78 is 10.9. The average molecular weight is 331 g/mol. The van der Waals surface area contributed by atoms with E-state index in [1.165, 1.54) is 0 Å². The van der Waals surface area contributed by atoms with Gasteiger partial charge in [-0.1, -0.05) is 6.07 Å². The number of hydrogen-bond donors (Lipinski definition) is 1. The lowest BCUT2D eigenvalue weighted by molar-refractivity contribution is -0.152. The van der Waals surface area contributed by atoms with Gasteiger partial charge in [0.25, 0.3) is 0 Å². The first-order chi connectivity index (χ1) is 10.1. The van der Waals surface area contributed by atoms with Gasteiger partial charge in [0.15, 0.2) is 0 Å². The van der Waals surface area contributed by atoms with E-state index in [4.69, 9.17) is 9.47 Å². The standard InChI is InChI=1S/C16H26N2O3.ClH/c1-4-21-15(19)16(2,14-8-7-10-18-12-14)13-20-11-6-5-9-17-3;/h7-8,10,12,17H,4-6,9,11,13H2,1-3H3;1H. The van der Waals surface area contributed by atoms with Gasteiger partial charge in [0, 0.05) is 19.0 Å². The number of rotatable bonds is 10. The minimum absolute atomic E-state index is 0. The largest absolute Gasteiger partial charge is 0.465 e. The molecule has 126 valence electrons. The molecule has 1 unspecified atom stereocenters.